The van der Waals surface area contributed by atoms with Gasteiger partial charge in [0.25, 0.3) is 0 Å². The van der Waals surface area contributed by atoms with Crippen LogP contribution in [-0.4, -0.2) is 39.7 Å². The van der Waals surface area contributed by atoms with Crippen molar-refractivity contribution >= 4 is 40.1 Å². The largest absolute Gasteiger partial charge is 0.462 e. The molecule has 0 atom stereocenters. The number of rotatable bonds is 7. The predicted molar refractivity (Wildman–Crippen MR) is 137 cm³/mol. The van der Waals surface area contributed by atoms with Crippen LogP contribution in [-0.2, 0) is 11.3 Å². The van der Waals surface area contributed by atoms with Gasteiger partial charge in [0.2, 0.25) is 11.4 Å². The average Bonchev–Trinajstić information content (AvgIpc) is 3.30. The average molecular weight is 510 g/mol. The molecule has 0 aliphatic heterocycles. The van der Waals surface area contributed by atoms with Crippen LogP contribution >= 0.6 is 11.3 Å². The van der Waals surface area contributed by atoms with E-state index >= 15 is 0 Å². The number of nitrogens with zero attached hydrogens (tertiary/aromatic N) is 3. The molecule has 4 aromatic rings. The molecular formula is C25H24FN5O4S. The van der Waals surface area contributed by atoms with Crippen molar-refractivity contribution in [3.05, 3.63) is 63.8 Å². The smallest absolute Gasteiger partial charge is 0.343 e. The first-order valence-corrected chi connectivity index (χ1v) is 12.2. The maximum Gasteiger partial charge on any atom is 0.343 e. The van der Waals surface area contributed by atoms with Crippen molar-refractivity contribution in [1.29, 1.82) is 0 Å². The second kappa shape index (κ2) is 10.6. The van der Waals surface area contributed by atoms with E-state index in [9.17, 15) is 18.8 Å². The summed E-state index contributed by atoms with van der Waals surface area (Å²) in [5.74, 6) is -1.05. The number of fused-ring (bicyclic) bond motifs is 1. The summed E-state index contributed by atoms with van der Waals surface area (Å²) in [6.45, 7) is 6.50. The number of hydrogen-bond donors (Lipinski definition) is 2. The van der Waals surface area contributed by atoms with Crippen LogP contribution in [0, 0.1) is 5.95 Å². The molecule has 0 saturated carbocycles. The highest BCUT2D eigenvalue weighted by atomic mass is 32.1. The van der Waals surface area contributed by atoms with Crippen molar-refractivity contribution in [2.24, 2.45) is 0 Å². The molecule has 3 aromatic heterocycles. The van der Waals surface area contributed by atoms with E-state index in [-0.39, 0.29) is 18.0 Å². The van der Waals surface area contributed by atoms with Gasteiger partial charge in [0, 0.05) is 47.4 Å². The molecule has 0 bridgehead atoms. The van der Waals surface area contributed by atoms with Crippen molar-refractivity contribution in [3.8, 4) is 21.7 Å². The molecule has 186 valence electrons. The molecule has 0 saturated heterocycles. The summed E-state index contributed by atoms with van der Waals surface area (Å²) >= 11 is 1.10. The fourth-order valence-electron chi connectivity index (χ4n) is 3.81. The van der Waals surface area contributed by atoms with E-state index in [1.165, 1.54) is 17.8 Å². The summed E-state index contributed by atoms with van der Waals surface area (Å²) in [6, 6.07) is 6.46. The number of nitrogens with one attached hydrogen (secondary N) is 2. The van der Waals surface area contributed by atoms with Crippen molar-refractivity contribution in [2.75, 3.05) is 18.5 Å². The number of anilines is 1. The Morgan fingerprint density at radius 1 is 1.17 bits per heavy atom. The molecule has 4 rings (SSSR count). The second-order valence-corrected chi connectivity index (χ2v) is 8.54. The lowest BCUT2D eigenvalue weighted by Crippen LogP contribution is -2.28. The first kappa shape index (κ1) is 25.0. The molecule has 0 aliphatic rings. The van der Waals surface area contributed by atoms with Crippen molar-refractivity contribution in [3.63, 3.8) is 0 Å². The van der Waals surface area contributed by atoms with Gasteiger partial charge in [0.15, 0.2) is 0 Å². The summed E-state index contributed by atoms with van der Waals surface area (Å²) < 4.78 is 20.7. The number of carbonyl (C=O) groups excluding carboxylic acids is 2. The molecule has 11 heteroatoms. The maximum atomic E-state index is 13.8. The number of amides is 2. The Bertz CT molecular complexity index is 1510. The molecule has 2 N–H and O–H groups in total. The van der Waals surface area contributed by atoms with Crippen LogP contribution in [0.4, 0.5) is 15.0 Å². The standard InChI is InChI=1S/C25H24FN5O4S/c1-4-27-25(34)30-21-10-15(23-29-20(26)13-36-23)17(11-28-21)14-7-8-19-16(9-14)22(32)18(12-31(19)5-2)24(33)35-6-3/h7-13H,4-6H2,1-3H3,(H2,27,28,30,34). The SMILES string of the molecule is CCNC(=O)Nc1cc(-c2nc(F)cs2)c(-c2ccc3c(c2)c(=O)c(C(=O)OCC)cn3CC)cn1. The van der Waals surface area contributed by atoms with Crippen molar-refractivity contribution in [2.45, 2.75) is 27.3 Å². The van der Waals surface area contributed by atoms with Gasteiger partial charge in [-0.25, -0.2) is 19.6 Å². The van der Waals surface area contributed by atoms with E-state index in [1.807, 2.05) is 17.6 Å². The van der Waals surface area contributed by atoms with Crippen LogP contribution in [0.3, 0.4) is 0 Å². The molecule has 0 unspecified atom stereocenters. The van der Waals surface area contributed by atoms with Gasteiger partial charge in [-0.05, 0) is 44.5 Å². The van der Waals surface area contributed by atoms with Crippen LogP contribution in [0.1, 0.15) is 31.1 Å². The summed E-state index contributed by atoms with van der Waals surface area (Å²) in [4.78, 5) is 45.9. The number of urea groups is 1. The quantitative estimate of drug-likeness (QED) is 0.350. The fourth-order valence-corrected chi connectivity index (χ4v) is 4.51. The third-order valence-electron chi connectivity index (χ3n) is 5.42. The highest BCUT2D eigenvalue weighted by Gasteiger charge is 2.19. The van der Waals surface area contributed by atoms with Gasteiger partial charge in [-0.2, -0.15) is 4.39 Å². The Balaban J connectivity index is 1.89. The number of halogens is 1. The van der Waals surface area contributed by atoms with Gasteiger partial charge in [-0.15, -0.1) is 11.3 Å². The molecular weight excluding hydrogens is 485 g/mol. The first-order valence-electron chi connectivity index (χ1n) is 11.4. The van der Waals surface area contributed by atoms with Gasteiger partial charge < -0.3 is 14.6 Å². The van der Waals surface area contributed by atoms with E-state index in [1.54, 1.807) is 32.0 Å². The normalized spacial score (nSPS) is 10.9. The van der Waals surface area contributed by atoms with E-state index < -0.39 is 23.4 Å². The Kier molecular flexibility index (Phi) is 7.39. The summed E-state index contributed by atoms with van der Waals surface area (Å²) in [6.07, 6.45) is 3.04. The monoisotopic (exact) mass is 509 g/mol. The number of ether oxygens (including phenoxy) is 1. The van der Waals surface area contributed by atoms with Gasteiger partial charge in [-0.3, -0.25) is 10.1 Å². The van der Waals surface area contributed by atoms with E-state index in [0.29, 0.717) is 45.7 Å². The Hall–Kier alpha value is -4.12. The van der Waals surface area contributed by atoms with Crippen LogP contribution in [0.15, 0.2) is 46.8 Å². The molecule has 3 heterocycles. The zero-order valence-corrected chi connectivity index (χ0v) is 20.7. The second-order valence-electron chi connectivity index (χ2n) is 7.69. The summed E-state index contributed by atoms with van der Waals surface area (Å²) in [5.41, 5.74) is 1.89. The van der Waals surface area contributed by atoms with Crippen LogP contribution in [0.2, 0.25) is 0 Å². The Morgan fingerprint density at radius 3 is 2.64 bits per heavy atom. The minimum Gasteiger partial charge on any atom is -0.462 e. The number of hydrogen-bond acceptors (Lipinski definition) is 7. The fraction of sp³-hybridized carbons (Fsp3) is 0.240. The number of pyridine rings is 2. The van der Waals surface area contributed by atoms with Crippen LogP contribution in [0.25, 0.3) is 32.6 Å². The predicted octanol–water partition coefficient (Wildman–Crippen LogP) is 4.66. The third kappa shape index (κ3) is 4.96. The number of esters is 1. The Morgan fingerprint density at radius 2 is 1.97 bits per heavy atom. The number of aryl methyl sites for hydroxylation is 1. The maximum absolute atomic E-state index is 13.8. The minimum absolute atomic E-state index is 0.0508. The van der Waals surface area contributed by atoms with E-state index in [0.717, 1.165) is 11.3 Å². The first-order chi connectivity index (χ1) is 17.4. The molecule has 0 spiro atoms. The lowest BCUT2D eigenvalue weighted by Gasteiger charge is -2.14. The van der Waals surface area contributed by atoms with Gasteiger partial charge >= 0.3 is 12.0 Å². The molecule has 1 aromatic carbocycles. The highest BCUT2D eigenvalue weighted by Crippen LogP contribution is 2.35. The summed E-state index contributed by atoms with van der Waals surface area (Å²) in [7, 11) is 0. The number of thiazole rings is 1. The van der Waals surface area contributed by atoms with Crippen molar-refractivity contribution in [1.82, 2.24) is 19.9 Å². The van der Waals surface area contributed by atoms with Crippen LogP contribution in [0.5, 0.6) is 0 Å². The highest BCUT2D eigenvalue weighted by molar-refractivity contribution is 7.13. The lowest BCUT2D eigenvalue weighted by molar-refractivity contribution is 0.0524. The van der Waals surface area contributed by atoms with Gasteiger partial charge in [0.1, 0.15) is 16.4 Å². The van der Waals surface area contributed by atoms with Crippen molar-refractivity contribution < 1.29 is 18.7 Å². The molecule has 9 nitrogen and oxygen atoms in total. The number of benzene rings is 1. The molecule has 36 heavy (non-hydrogen) atoms. The third-order valence-corrected chi connectivity index (χ3v) is 6.26. The number of carbonyl (C=O) groups is 2. The lowest BCUT2D eigenvalue weighted by atomic mass is 9.99. The summed E-state index contributed by atoms with van der Waals surface area (Å²) in [5, 5.41) is 7.27. The minimum atomic E-state index is -0.682. The van der Waals surface area contributed by atoms with Gasteiger partial charge in [-0.1, -0.05) is 6.07 Å². The Labute approximate surface area is 210 Å². The number of aromatic nitrogens is 3. The topological polar surface area (TPSA) is 115 Å². The zero-order valence-electron chi connectivity index (χ0n) is 19.9. The van der Waals surface area contributed by atoms with E-state index in [4.69, 9.17) is 4.74 Å². The van der Waals surface area contributed by atoms with Crippen LogP contribution < -0.4 is 16.1 Å². The van der Waals surface area contributed by atoms with Gasteiger partial charge in [0.05, 0.1) is 12.1 Å². The molecule has 2 amide bonds. The molecule has 0 fully saturated rings. The van der Waals surface area contributed by atoms with E-state index in [2.05, 4.69) is 20.6 Å². The molecule has 0 aliphatic carbocycles. The molecule has 0 radical (unpaired) electrons. The zero-order chi connectivity index (χ0) is 25.8.